The highest BCUT2D eigenvalue weighted by atomic mass is 32.1. The van der Waals surface area contributed by atoms with Crippen molar-refractivity contribution in [2.45, 2.75) is 26.3 Å². The molecule has 1 N–H and O–H groups in total. The second-order valence-electron chi connectivity index (χ2n) is 7.80. The molecule has 1 aliphatic heterocycles. The number of thiophene rings is 1. The Balaban J connectivity index is 1.54. The maximum absolute atomic E-state index is 13.3. The molecule has 3 aromatic heterocycles. The highest BCUT2D eigenvalue weighted by Crippen LogP contribution is 2.27. The molecule has 1 saturated heterocycles. The summed E-state index contributed by atoms with van der Waals surface area (Å²) in [5.74, 6) is 0.171. The van der Waals surface area contributed by atoms with Gasteiger partial charge in [0.2, 0.25) is 11.9 Å². The Morgan fingerprint density at radius 1 is 1.25 bits per heavy atom. The molecule has 0 aliphatic carbocycles. The fourth-order valence-corrected chi connectivity index (χ4v) is 4.43. The monoisotopic (exact) mass is 454 g/mol. The minimum atomic E-state index is -0.199. The number of pyridine rings is 1. The van der Waals surface area contributed by atoms with Crippen molar-refractivity contribution in [1.82, 2.24) is 24.8 Å². The van der Waals surface area contributed by atoms with E-state index in [9.17, 15) is 9.59 Å². The molecule has 0 aromatic carbocycles. The highest BCUT2D eigenvalue weighted by molar-refractivity contribution is 7.17. The molecule has 1 fully saturated rings. The summed E-state index contributed by atoms with van der Waals surface area (Å²) in [5.41, 5.74) is 3.16. The first-order chi connectivity index (χ1) is 15.5. The number of ether oxygens (including phenoxy) is 1. The number of nitrogens with one attached hydrogen (secondary N) is 1. The van der Waals surface area contributed by atoms with Crippen molar-refractivity contribution in [3.63, 3.8) is 0 Å². The number of carbonyl (C=O) groups excluding carboxylic acids is 2. The zero-order valence-electron chi connectivity index (χ0n) is 18.4. The molecule has 168 valence electrons. The van der Waals surface area contributed by atoms with E-state index >= 15 is 0 Å². The number of fused-ring (bicyclic) bond motifs is 1. The quantitative estimate of drug-likeness (QED) is 0.586. The molecule has 0 radical (unpaired) electrons. The summed E-state index contributed by atoms with van der Waals surface area (Å²) in [4.78, 5) is 42.4. The number of hydrogen-bond donors (Lipinski definition) is 1. The van der Waals surface area contributed by atoms with Crippen molar-refractivity contribution >= 4 is 39.3 Å². The fourth-order valence-electron chi connectivity index (χ4n) is 3.62. The topological polar surface area (TPSA) is 101 Å². The summed E-state index contributed by atoms with van der Waals surface area (Å²) >= 11 is 1.44. The van der Waals surface area contributed by atoms with Crippen molar-refractivity contribution in [2.75, 3.05) is 38.8 Å². The van der Waals surface area contributed by atoms with E-state index < -0.39 is 0 Å². The van der Waals surface area contributed by atoms with E-state index in [1.54, 1.807) is 29.3 Å². The minimum Gasteiger partial charge on any atom is -0.384 e. The number of carbonyl (C=O) groups is 2. The SMILES string of the molecule is COCCC(=O)N1CCN(C(=O)c2nc(N[C@@H](C)c3cncc(C)c3)nc3ccsc23)C1. The standard InChI is InChI=1S/C22H26N6O3S/c1-14-10-16(12-23-11-14)15(2)24-22-25-17-5-9-32-20(17)19(26-22)21(30)28-7-6-27(13-28)18(29)4-8-31-3/h5,9-12,15H,4,6-8,13H2,1-3H3,(H,24,25,26)/t15-/m0/s1. The van der Waals surface area contributed by atoms with Crippen LogP contribution in [0.1, 0.15) is 41.0 Å². The van der Waals surface area contributed by atoms with Gasteiger partial charge in [0.25, 0.3) is 5.91 Å². The van der Waals surface area contributed by atoms with Gasteiger partial charge in [-0.15, -0.1) is 11.3 Å². The second-order valence-corrected chi connectivity index (χ2v) is 8.72. The van der Waals surface area contributed by atoms with Gasteiger partial charge in [-0.1, -0.05) is 6.07 Å². The van der Waals surface area contributed by atoms with Crippen LogP contribution in [0, 0.1) is 6.92 Å². The normalized spacial score (nSPS) is 14.7. The third-order valence-corrected chi connectivity index (χ3v) is 6.30. The van der Waals surface area contributed by atoms with Gasteiger partial charge in [-0.05, 0) is 36.4 Å². The number of nitrogens with zero attached hydrogens (tertiary/aromatic N) is 5. The first-order valence-corrected chi connectivity index (χ1v) is 11.3. The van der Waals surface area contributed by atoms with E-state index in [0.717, 1.165) is 21.3 Å². The van der Waals surface area contributed by atoms with Gasteiger partial charge in [0.1, 0.15) is 0 Å². The third-order valence-electron chi connectivity index (χ3n) is 5.39. The summed E-state index contributed by atoms with van der Waals surface area (Å²) in [6, 6.07) is 3.86. The number of anilines is 1. The number of aromatic nitrogens is 3. The van der Waals surface area contributed by atoms with Crippen LogP contribution < -0.4 is 5.32 Å². The Morgan fingerprint density at radius 3 is 2.84 bits per heavy atom. The van der Waals surface area contributed by atoms with Gasteiger partial charge in [0.05, 0.1) is 36.0 Å². The lowest BCUT2D eigenvalue weighted by Crippen LogP contribution is -2.34. The largest absolute Gasteiger partial charge is 0.384 e. The zero-order chi connectivity index (χ0) is 22.7. The molecule has 0 unspecified atom stereocenters. The fraction of sp³-hybridized carbons (Fsp3) is 0.409. The molecule has 10 heteroatoms. The van der Waals surface area contributed by atoms with Crippen LogP contribution in [0.4, 0.5) is 5.95 Å². The average molecular weight is 455 g/mol. The van der Waals surface area contributed by atoms with E-state index in [1.807, 2.05) is 25.3 Å². The van der Waals surface area contributed by atoms with Crippen LogP contribution in [0.5, 0.6) is 0 Å². The molecule has 4 heterocycles. The van der Waals surface area contributed by atoms with Gasteiger partial charge < -0.3 is 19.9 Å². The van der Waals surface area contributed by atoms with Gasteiger partial charge in [0.15, 0.2) is 5.69 Å². The van der Waals surface area contributed by atoms with Crippen LogP contribution in [0.25, 0.3) is 10.2 Å². The average Bonchev–Trinajstić information content (AvgIpc) is 3.46. The number of hydrogen-bond acceptors (Lipinski definition) is 8. The summed E-state index contributed by atoms with van der Waals surface area (Å²) < 4.78 is 5.73. The van der Waals surface area contributed by atoms with Crippen molar-refractivity contribution in [2.24, 2.45) is 0 Å². The van der Waals surface area contributed by atoms with Crippen molar-refractivity contribution in [3.8, 4) is 0 Å². The molecule has 0 saturated carbocycles. The van der Waals surface area contributed by atoms with Crippen LogP contribution in [0.15, 0.2) is 29.9 Å². The van der Waals surface area contributed by atoms with Gasteiger partial charge >= 0.3 is 0 Å². The van der Waals surface area contributed by atoms with Crippen molar-refractivity contribution < 1.29 is 14.3 Å². The Kier molecular flexibility index (Phi) is 6.61. The molecule has 1 aliphatic rings. The van der Waals surface area contributed by atoms with E-state index in [1.165, 1.54) is 11.3 Å². The maximum atomic E-state index is 13.3. The van der Waals surface area contributed by atoms with Crippen LogP contribution in [-0.4, -0.2) is 70.0 Å². The van der Waals surface area contributed by atoms with Gasteiger partial charge in [-0.2, -0.15) is 0 Å². The molecule has 0 bridgehead atoms. The smallest absolute Gasteiger partial charge is 0.275 e. The van der Waals surface area contributed by atoms with E-state index in [2.05, 4.69) is 26.3 Å². The molecular weight excluding hydrogens is 428 g/mol. The van der Waals surface area contributed by atoms with Crippen LogP contribution >= 0.6 is 11.3 Å². The van der Waals surface area contributed by atoms with Gasteiger partial charge in [-0.3, -0.25) is 14.6 Å². The lowest BCUT2D eigenvalue weighted by molar-refractivity contribution is -0.131. The molecule has 4 rings (SSSR count). The van der Waals surface area contributed by atoms with Gasteiger partial charge in [0, 0.05) is 32.6 Å². The number of methoxy groups -OCH3 is 1. The predicted molar refractivity (Wildman–Crippen MR) is 123 cm³/mol. The molecule has 1 atom stereocenters. The first kappa shape index (κ1) is 22.1. The Hall–Kier alpha value is -3.11. The van der Waals surface area contributed by atoms with Crippen LogP contribution in [0.2, 0.25) is 0 Å². The van der Waals surface area contributed by atoms with Crippen molar-refractivity contribution in [3.05, 3.63) is 46.7 Å². The highest BCUT2D eigenvalue weighted by Gasteiger charge is 2.30. The van der Waals surface area contributed by atoms with Gasteiger partial charge in [-0.25, -0.2) is 9.97 Å². The first-order valence-electron chi connectivity index (χ1n) is 10.5. The summed E-state index contributed by atoms with van der Waals surface area (Å²) in [6.07, 6.45) is 3.92. The van der Waals surface area contributed by atoms with Crippen LogP contribution in [0.3, 0.4) is 0 Å². The van der Waals surface area contributed by atoms with E-state index in [-0.39, 0.29) is 24.5 Å². The lowest BCUT2D eigenvalue weighted by Gasteiger charge is -2.19. The third kappa shape index (κ3) is 4.71. The van der Waals surface area contributed by atoms with E-state index in [4.69, 9.17) is 4.74 Å². The lowest BCUT2D eigenvalue weighted by atomic mass is 10.1. The molecule has 2 amide bonds. The molecular formula is C22H26N6O3S. The minimum absolute atomic E-state index is 0.0194. The molecule has 9 nitrogen and oxygen atoms in total. The van der Waals surface area contributed by atoms with Crippen molar-refractivity contribution in [1.29, 1.82) is 0 Å². The Labute approximate surface area is 190 Å². The molecule has 3 aromatic rings. The summed E-state index contributed by atoms with van der Waals surface area (Å²) in [5, 5.41) is 5.20. The Morgan fingerprint density at radius 2 is 2.06 bits per heavy atom. The molecule has 32 heavy (non-hydrogen) atoms. The van der Waals surface area contributed by atoms with E-state index in [0.29, 0.717) is 37.8 Å². The van der Waals surface area contributed by atoms with Crippen LogP contribution in [-0.2, 0) is 9.53 Å². The number of amides is 2. The second kappa shape index (κ2) is 9.58. The summed E-state index contributed by atoms with van der Waals surface area (Å²) in [7, 11) is 1.57. The summed E-state index contributed by atoms with van der Waals surface area (Å²) in [6.45, 7) is 5.61. The predicted octanol–water partition coefficient (Wildman–Crippen LogP) is 2.85. The zero-order valence-corrected chi connectivity index (χ0v) is 19.2. The number of rotatable bonds is 7. The Bertz CT molecular complexity index is 1130. The number of aryl methyl sites for hydroxylation is 1. The molecule has 0 spiro atoms. The maximum Gasteiger partial charge on any atom is 0.275 e.